The lowest BCUT2D eigenvalue weighted by Crippen LogP contribution is -2.45. The molecule has 3 aromatic rings. The quantitative estimate of drug-likeness (QED) is 0.153. The standard InChI is InChI=1S/C36H38Cl2F2N4O6/c1-19(42)33(46)49-13-14-50-34(47)20-9-12-26(27(15-20)48-5)43-32(45)31-29(22-7-6-8-24(38)30(22)40)36(18-41,28(44-31)17-35(2,3)4)23-11-10-21(37)16-25(23)39/h6-12,15-16,19,28-29,31,44H,13-14,17,42H2,1-5H3,(H,43,45)/t19-,28-,29-,31+,36-/m0/s1. The molecule has 3 aromatic carbocycles. The zero-order valence-corrected chi connectivity index (χ0v) is 29.6. The van der Waals surface area contributed by atoms with E-state index in [4.69, 9.17) is 43.1 Å². The van der Waals surface area contributed by atoms with Gasteiger partial charge in [-0.05, 0) is 60.7 Å². The van der Waals surface area contributed by atoms with Crippen molar-refractivity contribution in [1.29, 1.82) is 5.26 Å². The van der Waals surface area contributed by atoms with E-state index in [0.717, 1.165) is 6.07 Å². The van der Waals surface area contributed by atoms with Crippen molar-refractivity contribution in [2.45, 2.75) is 63.6 Å². The van der Waals surface area contributed by atoms with Crippen LogP contribution in [0.1, 0.15) is 61.5 Å². The summed E-state index contributed by atoms with van der Waals surface area (Å²) in [6.07, 6.45) is 0.287. The number of hydrogen-bond acceptors (Lipinski definition) is 9. The number of nitrogens with two attached hydrogens (primary N) is 1. The number of methoxy groups -OCH3 is 1. The van der Waals surface area contributed by atoms with Crippen molar-refractivity contribution in [2.24, 2.45) is 11.1 Å². The molecule has 1 aliphatic heterocycles. The highest BCUT2D eigenvalue weighted by Crippen LogP contribution is 2.53. The molecule has 0 radical (unpaired) electrons. The molecule has 1 amide bonds. The molecule has 1 heterocycles. The van der Waals surface area contributed by atoms with Crippen molar-refractivity contribution < 1.29 is 37.4 Å². The first-order chi connectivity index (χ1) is 23.5. The first kappa shape index (κ1) is 38.5. The molecule has 0 spiro atoms. The molecule has 0 unspecified atom stereocenters. The Morgan fingerprint density at radius 2 is 1.78 bits per heavy atom. The van der Waals surface area contributed by atoms with E-state index in [1.54, 1.807) is 0 Å². The number of esters is 2. The Morgan fingerprint density at radius 1 is 1.08 bits per heavy atom. The number of carbonyl (C=O) groups is 3. The molecule has 0 saturated carbocycles. The molecule has 266 valence electrons. The molecule has 0 aliphatic carbocycles. The second kappa shape index (κ2) is 15.7. The van der Waals surface area contributed by atoms with Gasteiger partial charge in [0.25, 0.3) is 0 Å². The van der Waals surface area contributed by atoms with Crippen LogP contribution in [0, 0.1) is 28.4 Å². The van der Waals surface area contributed by atoms with E-state index in [2.05, 4.69) is 16.7 Å². The summed E-state index contributed by atoms with van der Waals surface area (Å²) in [6.45, 7) is 6.84. The van der Waals surface area contributed by atoms with Gasteiger partial charge in [0.15, 0.2) is 0 Å². The van der Waals surface area contributed by atoms with Gasteiger partial charge in [-0.2, -0.15) is 5.26 Å². The van der Waals surface area contributed by atoms with Gasteiger partial charge >= 0.3 is 11.9 Å². The Bertz CT molecular complexity index is 1810. The molecular weight excluding hydrogens is 693 g/mol. The van der Waals surface area contributed by atoms with Gasteiger partial charge < -0.3 is 30.6 Å². The van der Waals surface area contributed by atoms with Gasteiger partial charge in [0.05, 0.1) is 35.5 Å². The predicted molar refractivity (Wildman–Crippen MR) is 184 cm³/mol. The number of nitrogens with one attached hydrogen (secondary N) is 2. The summed E-state index contributed by atoms with van der Waals surface area (Å²) in [6, 6.07) is 11.6. The summed E-state index contributed by atoms with van der Waals surface area (Å²) in [4.78, 5) is 38.5. The van der Waals surface area contributed by atoms with Crippen molar-refractivity contribution >= 4 is 46.7 Å². The lowest BCUT2D eigenvalue weighted by Gasteiger charge is -2.37. The van der Waals surface area contributed by atoms with E-state index in [1.165, 1.54) is 62.6 Å². The number of hydrogen-bond donors (Lipinski definition) is 3. The molecule has 4 rings (SSSR count). The topological polar surface area (TPSA) is 153 Å². The second-order valence-corrected chi connectivity index (χ2v) is 14.0. The van der Waals surface area contributed by atoms with Gasteiger partial charge in [0.1, 0.15) is 42.1 Å². The Morgan fingerprint density at radius 3 is 2.40 bits per heavy atom. The summed E-state index contributed by atoms with van der Waals surface area (Å²) < 4.78 is 47.4. The molecule has 1 fully saturated rings. The van der Waals surface area contributed by atoms with Crippen LogP contribution in [0.4, 0.5) is 14.5 Å². The van der Waals surface area contributed by atoms with E-state index in [-0.39, 0.29) is 57.8 Å². The van der Waals surface area contributed by atoms with E-state index in [1.807, 2.05) is 20.8 Å². The summed E-state index contributed by atoms with van der Waals surface area (Å²) in [5, 5.41) is 16.9. The smallest absolute Gasteiger partial charge is 0.338 e. The van der Waals surface area contributed by atoms with Gasteiger partial charge in [-0.1, -0.05) is 62.2 Å². The second-order valence-electron chi connectivity index (χ2n) is 13.2. The van der Waals surface area contributed by atoms with E-state index < -0.39 is 64.4 Å². The van der Waals surface area contributed by atoms with E-state index in [0.29, 0.717) is 0 Å². The van der Waals surface area contributed by atoms with Crippen molar-refractivity contribution in [2.75, 3.05) is 25.6 Å². The number of nitrogens with zero attached hydrogens (tertiary/aromatic N) is 1. The van der Waals surface area contributed by atoms with Gasteiger partial charge in [-0.25, -0.2) is 13.6 Å². The molecule has 1 aliphatic rings. The molecule has 0 bridgehead atoms. The molecule has 4 N–H and O–H groups in total. The molecule has 10 nitrogen and oxygen atoms in total. The highest BCUT2D eigenvalue weighted by molar-refractivity contribution is 6.31. The Balaban J connectivity index is 1.74. The van der Waals surface area contributed by atoms with Crippen molar-refractivity contribution in [3.05, 3.63) is 93.0 Å². The zero-order chi connectivity index (χ0) is 37.0. The molecule has 50 heavy (non-hydrogen) atoms. The molecular formula is C36H38Cl2F2N4O6. The van der Waals surface area contributed by atoms with Gasteiger partial charge in [-0.15, -0.1) is 0 Å². The summed E-state index contributed by atoms with van der Waals surface area (Å²) in [5.74, 6) is -4.92. The first-order valence-electron chi connectivity index (χ1n) is 15.7. The maximum atomic E-state index is 16.0. The fourth-order valence-corrected chi connectivity index (χ4v) is 6.52. The predicted octanol–water partition coefficient (Wildman–Crippen LogP) is 6.29. The van der Waals surface area contributed by atoms with Crippen molar-refractivity contribution in [3.63, 3.8) is 0 Å². The van der Waals surface area contributed by atoms with Crippen molar-refractivity contribution in [3.8, 4) is 11.8 Å². The third-order valence-corrected chi connectivity index (χ3v) is 8.89. The van der Waals surface area contributed by atoms with Gasteiger partial charge in [-0.3, -0.25) is 9.59 Å². The Kier molecular flexibility index (Phi) is 12.1. The van der Waals surface area contributed by atoms with Crippen LogP contribution in [0.25, 0.3) is 0 Å². The minimum absolute atomic E-state index is 0.0569. The van der Waals surface area contributed by atoms with Gasteiger partial charge in [0, 0.05) is 22.5 Å². The number of benzene rings is 3. The number of rotatable bonds is 11. The zero-order valence-electron chi connectivity index (χ0n) is 28.1. The molecule has 1 saturated heterocycles. The van der Waals surface area contributed by atoms with Crippen LogP contribution in [-0.4, -0.2) is 56.3 Å². The number of ether oxygens (including phenoxy) is 3. The summed E-state index contributed by atoms with van der Waals surface area (Å²) >= 11 is 12.3. The van der Waals surface area contributed by atoms with Crippen LogP contribution < -0.4 is 21.1 Å². The largest absolute Gasteiger partial charge is 0.495 e. The molecule has 5 atom stereocenters. The highest BCUT2D eigenvalue weighted by atomic mass is 35.5. The average Bonchev–Trinajstić information content (AvgIpc) is 3.37. The van der Waals surface area contributed by atoms with Gasteiger partial charge in [0.2, 0.25) is 5.91 Å². The SMILES string of the molecule is COc1cc(C(=O)OCCOC(=O)[C@H](C)N)ccc1NC(=O)[C@@H]1N[C@@H](CC(C)(C)C)[C@](C#N)(c2ccc(Cl)cc2F)[C@H]1c1cccc(Cl)c1F. The number of amides is 1. The van der Waals surface area contributed by atoms with Crippen LogP contribution in [0.3, 0.4) is 0 Å². The number of halogens is 4. The third-order valence-electron chi connectivity index (χ3n) is 8.36. The normalized spacial score (nSPS) is 20.8. The lowest BCUT2D eigenvalue weighted by molar-refractivity contribution is -0.145. The third kappa shape index (κ3) is 8.19. The lowest BCUT2D eigenvalue weighted by atomic mass is 9.62. The maximum Gasteiger partial charge on any atom is 0.338 e. The minimum atomic E-state index is -1.82. The van der Waals surface area contributed by atoms with Crippen LogP contribution in [0.2, 0.25) is 10.0 Å². The van der Waals surface area contributed by atoms with Crippen LogP contribution in [0.5, 0.6) is 5.75 Å². The number of carbonyl (C=O) groups excluding carboxylic acids is 3. The summed E-state index contributed by atoms with van der Waals surface area (Å²) in [5.41, 5.74) is 3.30. The van der Waals surface area contributed by atoms with E-state index >= 15 is 8.78 Å². The monoisotopic (exact) mass is 730 g/mol. The molecule has 0 aromatic heterocycles. The Hall–Kier alpha value is -4.28. The Labute approximate surface area is 299 Å². The highest BCUT2D eigenvalue weighted by Gasteiger charge is 2.61. The number of anilines is 1. The fourth-order valence-electron chi connectivity index (χ4n) is 6.18. The number of nitriles is 1. The maximum absolute atomic E-state index is 16.0. The summed E-state index contributed by atoms with van der Waals surface area (Å²) in [7, 11) is 1.33. The van der Waals surface area contributed by atoms with Crippen molar-refractivity contribution in [1.82, 2.24) is 5.32 Å². The fraction of sp³-hybridized carbons (Fsp3) is 0.389. The van der Waals surface area contributed by atoms with Crippen LogP contribution in [-0.2, 0) is 24.5 Å². The van der Waals surface area contributed by atoms with Crippen LogP contribution >= 0.6 is 23.2 Å². The van der Waals surface area contributed by atoms with Crippen LogP contribution in [0.15, 0.2) is 54.6 Å². The average molecular weight is 732 g/mol. The molecule has 14 heteroatoms. The first-order valence-corrected chi connectivity index (χ1v) is 16.4. The van der Waals surface area contributed by atoms with E-state index in [9.17, 15) is 19.6 Å². The minimum Gasteiger partial charge on any atom is -0.495 e.